The van der Waals surface area contributed by atoms with Gasteiger partial charge in [0.15, 0.2) is 0 Å². The molecule has 0 spiro atoms. The second-order valence-corrected chi connectivity index (χ2v) is 5.99. The summed E-state index contributed by atoms with van der Waals surface area (Å²) < 4.78 is 5.47. The molecule has 0 fully saturated rings. The minimum atomic E-state index is -0.441. The Kier molecular flexibility index (Phi) is 7.17. The first-order chi connectivity index (χ1) is 11.2. The molecular formula is C19H28N2O2. The van der Waals surface area contributed by atoms with Crippen molar-refractivity contribution in [3.05, 3.63) is 54.4 Å². The van der Waals surface area contributed by atoms with Gasteiger partial charge in [0.05, 0.1) is 19.4 Å². The van der Waals surface area contributed by atoms with Crippen LogP contribution in [0.5, 0.6) is 0 Å². The van der Waals surface area contributed by atoms with E-state index >= 15 is 0 Å². The van der Waals surface area contributed by atoms with E-state index in [1.54, 1.807) is 0 Å². The Morgan fingerprint density at radius 3 is 2.70 bits per heavy atom. The summed E-state index contributed by atoms with van der Waals surface area (Å²) in [7, 11) is 0. The zero-order valence-corrected chi connectivity index (χ0v) is 14.0. The summed E-state index contributed by atoms with van der Waals surface area (Å²) in [5, 5.41) is 10.0. The molecule has 1 aromatic carbocycles. The van der Waals surface area contributed by atoms with E-state index in [1.807, 2.05) is 12.3 Å². The van der Waals surface area contributed by atoms with Gasteiger partial charge in [-0.3, -0.25) is 0 Å². The maximum atomic E-state index is 10.0. The molecule has 1 unspecified atom stereocenters. The largest absolute Gasteiger partial charge is 0.389 e. The Morgan fingerprint density at radius 2 is 2.00 bits per heavy atom. The van der Waals surface area contributed by atoms with E-state index in [4.69, 9.17) is 4.74 Å². The fourth-order valence-electron chi connectivity index (χ4n) is 2.52. The van der Waals surface area contributed by atoms with Crippen LogP contribution in [0.3, 0.4) is 0 Å². The molecule has 1 heterocycles. The smallest absolute Gasteiger partial charge is 0.0948 e. The van der Waals surface area contributed by atoms with Crippen LogP contribution in [0.4, 0.5) is 0 Å². The zero-order chi connectivity index (χ0) is 16.5. The molecule has 0 bridgehead atoms. The van der Waals surface area contributed by atoms with Gasteiger partial charge in [0.2, 0.25) is 0 Å². The SMILES string of the molecule is C=Cc1ccc(CN2C=CN(CC(O)COCCCC)C2)cc1. The van der Waals surface area contributed by atoms with Crippen LogP contribution in [-0.2, 0) is 11.3 Å². The molecule has 23 heavy (non-hydrogen) atoms. The second kappa shape index (κ2) is 9.38. The number of aliphatic hydroxyl groups is 1. The van der Waals surface area contributed by atoms with Gasteiger partial charge in [-0.25, -0.2) is 0 Å². The van der Waals surface area contributed by atoms with Gasteiger partial charge in [0.1, 0.15) is 0 Å². The molecule has 0 radical (unpaired) electrons. The molecule has 0 amide bonds. The summed E-state index contributed by atoms with van der Waals surface area (Å²) in [6.07, 6.45) is 7.69. The van der Waals surface area contributed by atoms with Gasteiger partial charge in [0.25, 0.3) is 0 Å². The van der Waals surface area contributed by atoms with Crippen molar-refractivity contribution in [1.29, 1.82) is 0 Å². The van der Waals surface area contributed by atoms with Crippen LogP contribution in [0.2, 0.25) is 0 Å². The maximum Gasteiger partial charge on any atom is 0.0948 e. The van der Waals surface area contributed by atoms with Crippen LogP contribution in [-0.4, -0.2) is 47.4 Å². The topological polar surface area (TPSA) is 35.9 Å². The van der Waals surface area contributed by atoms with Gasteiger partial charge in [-0.05, 0) is 17.5 Å². The third-order valence-electron chi connectivity index (χ3n) is 3.85. The molecule has 4 heteroatoms. The van der Waals surface area contributed by atoms with Crippen LogP contribution in [0.25, 0.3) is 6.08 Å². The predicted molar refractivity (Wildman–Crippen MR) is 94.5 cm³/mol. The van der Waals surface area contributed by atoms with Gasteiger partial charge in [-0.2, -0.15) is 0 Å². The molecule has 0 aromatic heterocycles. The van der Waals surface area contributed by atoms with Gasteiger partial charge in [-0.15, -0.1) is 0 Å². The Bertz CT molecular complexity index is 499. The summed E-state index contributed by atoms with van der Waals surface area (Å²) in [6, 6.07) is 8.42. The van der Waals surface area contributed by atoms with Crippen molar-refractivity contribution >= 4 is 6.08 Å². The monoisotopic (exact) mass is 316 g/mol. The van der Waals surface area contributed by atoms with Crippen molar-refractivity contribution in [2.75, 3.05) is 26.4 Å². The molecule has 4 nitrogen and oxygen atoms in total. The molecule has 0 saturated carbocycles. The van der Waals surface area contributed by atoms with Crippen molar-refractivity contribution in [2.24, 2.45) is 0 Å². The van der Waals surface area contributed by atoms with Crippen LogP contribution >= 0.6 is 0 Å². The molecule has 1 N–H and O–H groups in total. The Labute approximate surface area is 139 Å². The van der Waals surface area contributed by atoms with E-state index in [9.17, 15) is 5.11 Å². The molecule has 1 aromatic rings. The average Bonchev–Trinajstić information content (AvgIpc) is 2.99. The highest BCUT2D eigenvalue weighted by Crippen LogP contribution is 2.13. The van der Waals surface area contributed by atoms with E-state index in [1.165, 1.54) is 5.56 Å². The number of unbranched alkanes of at least 4 members (excludes halogenated alkanes) is 1. The second-order valence-electron chi connectivity index (χ2n) is 5.99. The van der Waals surface area contributed by atoms with Gasteiger partial charge < -0.3 is 19.6 Å². The van der Waals surface area contributed by atoms with E-state index < -0.39 is 6.10 Å². The number of ether oxygens (including phenoxy) is 1. The van der Waals surface area contributed by atoms with Crippen molar-refractivity contribution < 1.29 is 9.84 Å². The molecule has 1 atom stereocenters. The normalized spacial score (nSPS) is 15.2. The molecular weight excluding hydrogens is 288 g/mol. The Balaban J connectivity index is 1.69. The number of nitrogens with zero attached hydrogens (tertiary/aromatic N) is 2. The third kappa shape index (κ3) is 6.08. The number of benzene rings is 1. The standard InChI is InChI=1S/C19H28N2O2/c1-3-5-12-23-15-19(22)14-21-11-10-20(16-21)13-18-8-6-17(4-2)7-9-18/h4,6-11,19,22H,2-3,5,12-16H2,1H3. The fraction of sp³-hybridized carbons (Fsp3) is 0.474. The van der Waals surface area contributed by atoms with Crippen LogP contribution in [0.1, 0.15) is 30.9 Å². The number of hydrogen-bond donors (Lipinski definition) is 1. The Morgan fingerprint density at radius 1 is 1.26 bits per heavy atom. The first kappa shape index (κ1) is 17.6. The number of aliphatic hydroxyl groups excluding tert-OH is 1. The molecule has 0 aliphatic carbocycles. The highest BCUT2D eigenvalue weighted by atomic mass is 16.5. The fourth-order valence-corrected chi connectivity index (χ4v) is 2.52. The van der Waals surface area contributed by atoms with E-state index in [2.05, 4.69) is 53.8 Å². The van der Waals surface area contributed by atoms with Crippen molar-refractivity contribution in [1.82, 2.24) is 9.80 Å². The summed E-state index contributed by atoms with van der Waals surface area (Å²) in [5.41, 5.74) is 2.41. The molecule has 1 aliphatic heterocycles. The van der Waals surface area contributed by atoms with Gasteiger partial charge in [-0.1, -0.05) is 50.3 Å². The van der Waals surface area contributed by atoms with Crippen molar-refractivity contribution in [3.63, 3.8) is 0 Å². The highest BCUT2D eigenvalue weighted by Gasteiger charge is 2.16. The molecule has 1 aliphatic rings. The third-order valence-corrected chi connectivity index (χ3v) is 3.85. The van der Waals surface area contributed by atoms with Crippen molar-refractivity contribution in [3.8, 4) is 0 Å². The predicted octanol–water partition coefficient (Wildman–Crippen LogP) is 3.05. The van der Waals surface area contributed by atoms with E-state index in [-0.39, 0.29) is 0 Å². The molecule has 0 saturated heterocycles. The minimum Gasteiger partial charge on any atom is -0.389 e. The summed E-state index contributed by atoms with van der Waals surface area (Å²) >= 11 is 0. The number of β-amino-alcohol motifs (C(OH)–C–C–N with tert-alkyl or cyclic N) is 1. The molecule has 2 rings (SSSR count). The maximum absolute atomic E-state index is 10.0. The number of hydrogen-bond acceptors (Lipinski definition) is 4. The minimum absolute atomic E-state index is 0.410. The van der Waals surface area contributed by atoms with Crippen LogP contribution in [0, 0.1) is 0 Å². The first-order valence-electron chi connectivity index (χ1n) is 8.35. The lowest BCUT2D eigenvalue weighted by atomic mass is 10.1. The van der Waals surface area contributed by atoms with E-state index in [0.29, 0.717) is 13.2 Å². The summed E-state index contributed by atoms with van der Waals surface area (Å²) in [6.45, 7) is 9.32. The van der Waals surface area contributed by atoms with Crippen molar-refractivity contribution in [2.45, 2.75) is 32.4 Å². The highest BCUT2D eigenvalue weighted by molar-refractivity contribution is 5.47. The van der Waals surface area contributed by atoms with E-state index in [0.717, 1.165) is 38.2 Å². The quantitative estimate of drug-likeness (QED) is 0.673. The van der Waals surface area contributed by atoms with Gasteiger partial charge >= 0.3 is 0 Å². The lowest BCUT2D eigenvalue weighted by molar-refractivity contribution is 0.0204. The lowest BCUT2D eigenvalue weighted by Crippen LogP contribution is -2.34. The lowest BCUT2D eigenvalue weighted by Gasteiger charge is -2.23. The van der Waals surface area contributed by atoms with Crippen LogP contribution < -0.4 is 0 Å². The van der Waals surface area contributed by atoms with Crippen LogP contribution in [0.15, 0.2) is 43.2 Å². The zero-order valence-electron chi connectivity index (χ0n) is 14.0. The Hall–Kier alpha value is -1.78. The van der Waals surface area contributed by atoms with Gasteiger partial charge in [0, 0.05) is 32.1 Å². The molecule has 126 valence electrons. The summed E-state index contributed by atoms with van der Waals surface area (Å²) in [5.74, 6) is 0. The first-order valence-corrected chi connectivity index (χ1v) is 8.35. The summed E-state index contributed by atoms with van der Waals surface area (Å²) in [4.78, 5) is 4.35. The number of rotatable bonds is 10. The average molecular weight is 316 g/mol.